The Morgan fingerprint density at radius 3 is 2.40 bits per heavy atom. The number of rotatable bonds is 2. The van der Waals surface area contributed by atoms with Gasteiger partial charge in [-0.15, -0.1) is 0 Å². The summed E-state index contributed by atoms with van der Waals surface area (Å²) >= 11 is 0. The van der Waals surface area contributed by atoms with E-state index in [1.165, 1.54) is 43.6 Å². The van der Waals surface area contributed by atoms with Gasteiger partial charge in [0.15, 0.2) is 0 Å². The predicted molar refractivity (Wildman–Crippen MR) is 60.1 cm³/mol. The van der Waals surface area contributed by atoms with Crippen LogP contribution in [0, 0.1) is 0 Å². The van der Waals surface area contributed by atoms with Gasteiger partial charge in [0.1, 0.15) is 11.5 Å². The van der Waals surface area contributed by atoms with Gasteiger partial charge in [-0.3, -0.25) is 0 Å². The molecule has 1 aliphatic heterocycles. The molecule has 0 radical (unpaired) electrons. The zero-order chi connectivity index (χ0) is 10.1. The van der Waals surface area contributed by atoms with Crippen molar-refractivity contribution in [1.29, 1.82) is 0 Å². The Morgan fingerprint density at radius 1 is 1.00 bits per heavy atom. The van der Waals surface area contributed by atoms with Crippen molar-refractivity contribution in [1.82, 2.24) is 5.32 Å². The third-order valence-corrected chi connectivity index (χ3v) is 3.87. The summed E-state index contributed by atoms with van der Waals surface area (Å²) in [7, 11) is 0. The fourth-order valence-electron chi connectivity index (χ4n) is 2.92. The van der Waals surface area contributed by atoms with E-state index in [1.807, 2.05) is 0 Å². The zero-order valence-electron chi connectivity index (χ0n) is 9.17. The van der Waals surface area contributed by atoms with Gasteiger partial charge in [0.25, 0.3) is 0 Å². The van der Waals surface area contributed by atoms with Gasteiger partial charge in [-0.2, -0.15) is 0 Å². The van der Waals surface area contributed by atoms with E-state index in [2.05, 4.69) is 17.4 Å². The van der Waals surface area contributed by atoms with Crippen molar-refractivity contribution in [2.75, 3.05) is 13.1 Å². The van der Waals surface area contributed by atoms with E-state index >= 15 is 0 Å². The zero-order valence-corrected chi connectivity index (χ0v) is 9.17. The molecular formula is C13H19NO. The Morgan fingerprint density at radius 2 is 1.73 bits per heavy atom. The Bertz CT molecular complexity index is 289. The van der Waals surface area contributed by atoms with Gasteiger partial charge in [-0.1, -0.05) is 12.8 Å². The lowest BCUT2D eigenvalue weighted by Crippen LogP contribution is -2.07. The van der Waals surface area contributed by atoms with Gasteiger partial charge >= 0.3 is 0 Å². The van der Waals surface area contributed by atoms with Gasteiger partial charge in [0, 0.05) is 18.4 Å². The Kier molecular flexibility index (Phi) is 2.53. The molecule has 1 saturated heterocycles. The van der Waals surface area contributed by atoms with Crippen LogP contribution >= 0.6 is 0 Å². The summed E-state index contributed by atoms with van der Waals surface area (Å²) in [5.41, 5.74) is 0. The second kappa shape index (κ2) is 4.01. The lowest BCUT2D eigenvalue weighted by molar-refractivity contribution is 0.411. The topological polar surface area (TPSA) is 25.2 Å². The number of furan rings is 1. The summed E-state index contributed by atoms with van der Waals surface area (Å²) in [5.74, 6) is 3.80. The summed E-state index contributed by atoms with van der Waals surface area (Å²) in [6.07, 6.45) is 6.65. The standard InChI is InChI=1S/C13H19NO/c1-2-4-10(3-1)12-5-6-13(15-12)11-7-8-14-9-11/h5-6,10-11,14H,1-4,7-9H2. The number of hydrogen-bond donors (Lipinski definition) is 1. The highest BCUT2D eigenvalue weighted by Gasteiger charge is 2.24. The van der Waals surface area contributed by atoms with Crippen LogP contribution in [-0.2, 0) is 0 Å². The van der Waals surface area contributed by atoms with Gasteiger partial charge < -0.3 is 9.73 Å². The summed E-state index contributed by atoms with van der Waals surface area (Å²) in [6.45, 7) is 2.24. The molecule has 1 unspecified atom stereocenters. The van der Waals surface area contributed by atoms with Gasteiger partial charge in [-0.25, -0.2) is 0 Å². The molecule has 1 N–H and O–H groups in total. The van der Waals surface area contributed by atoms with E-state index in [-0.39, 0.29) is 0 Å². The normalized spacial score (nSPS) is 27.6. The van der Waals surface area contributed by atoms with Crippen molar-refractivity contribution in [3.05, 3.63) is 23.7 Å². The number of hydrogen-bond acceptors (Lipinski definition) is 2. The van der Waals surface area contributed by atoms with Crippen molar-refractivity contribution in [2.45, 2.75) is 43.9 Å². The minimum atomic E-state index is 0.625. The van der Waals surface area contributed by atoms with Crippen LogP contribution in [-0.4, -0.2) is 13.1 Å². The first-order valence-corrected chi connectivity index (χ1v) is 6.24. The maximum absolute atomic E-state index is 6.01. The van der Waals surface area contributed by atoms with Gasteiger partial charge in [-0.05, 0) is 37.9 Å². The molecule has 1 saturated carbocycles. The molecule has 1 aromatic rings. The van der Waals surface area contributed by atoms with E-state index in [1.54, 1.807) is 0 Å². The van der Waals surface area contributed by atoms with E-state index in [0.717, 1.165) is 13.1 Å². The second-order valence-corrected chi connectivity index (χ2v) is 4.91. The van der Waals surface area contributed by atoms with Crippen LogP contribution in [0.3, 0.4) is 0 Å². The molecule has 0 amide bonds. The highest BCUT2D eigenvalue weighted by atomic mass is 16.3. The van der Waals surface area contributed by atoms with Gasteiger partial charge in [0.2, 0.25) is 0 Å². The van der Waals surface area contributed by atoms with Crippen LogP contribution in [0.2, 0.25) is 0 Å². The monoisotopic (exact) mass is 205 g/mol. The average molecular weight is 205 g/mol. The molecule has 1 aromatic heterocycles. The minimum absolute atomic E-state index is 0.625. The molecule has 1 aliphatic carbocycles. The first-order chi connectivity index (χ1) is 7.43. The van der Waals surface area contributed by atoms with Gasteiger partial charge in [0.05, 0.1) is 0 Å². The molecule has 82 valence electrons. The first-order valence-electron chi connectivity index (χ1n) is 6.24. The maximum Gasteiger partial charge on any atom is 0.108 e. The molecule has 2 heteroatoms. The molecule has 2 heterocycles. The molecule has 2 nitrogen and oxygen atoms in total. The third-order valence-electron chi connectivity index (χ3n) is 3.87. The molecule has 1 atom stereocenters. The molecule has 0 bridgehead atoms. The fraction of sp³-hybridized carbons (Fsp3) is 0.692. The maximum atomic E-state index is 6.01. The highest BCUT2D eigenvalue weighted by Crippen LogP contribution is 2.36. The van der Waals surface area contributed by atoms with Crippen LogP contribution in [0.1, 0.15) is 55.5 Å². The lowest BCUT2D eigenvalue weighted by atomic mass is 10.1. The molecule has 15 heavy (non-hydrogen) atoms. The van der Waals surface area contributed by atoms with Crippen molar-refractivity contribution < 1.29 is 4.42 Å². The van der Waals surface area contributed by atoms with Crippen molar-refractivity contribution in [3.8, 4) is 0 Å². The average Bonchev–Trinajstić information content (AvgIpc) is 3.02. The Hall–Kier alpha value is -0.760. The van der Waals surface area contributed by atoms with Crippen LogP contribution in [0.4, 0.5) is 0 Å². The lowest BCUT2D eigenvalue weighted by Gasteiger charge is -2.06. The summed E-state index contributed by atoms with van der Waals surface area (Å²) in [5, 5.41) is 3.39. The predicted octanol–water partition coefficient (Wildman–Crippen LogP) is 3.01. The number of nitrogens with one attached hydrogen (secondary N) is 1. The molecule has 2 fully saturated rings. The van der Waals surface area contributed by atoms with E-state index in [0.29, 0.717) is 11.8 Å². The van der Waals surface area contributed by atoms with Crippen LogP contribution in [0.5, 0.6) is 0 Å². The Labute approximate surface area is 91.0 Å². The van der Waals surface area contributed by atoms with Crippen molar-refractivity contribution in [2.24, 2.45) is 0 Å². The van der Waals surface area contributed by atoms with Crippen molar-refractivity contribution in [3.63, 3.8) is 0 Å². The smallest absolute Gasteiger partial charge is 0.108 e. The van der Waals surface area contributed by atoms with Crippen molar-refractivity contribution >= 4 is 0 Å². The molecule has 2 aliphatic rings. The highest BCUT2D eigenvalue weighted by molar-refractivity contribution is 5.16. The van der Waals surface area contributed by atoms with E-state index in [4.69, 9.17) is 4.42 Å². The summed E-state index contributed by atoms with van der Waals surface area (Å²) < 4.78 is 6.01. The third kappa shape index (κ3) is 1.83. The molecule has 0 aromatic carbocycles. The van der Waals surface area contributed by atoms with E-state index in [9.17, 15) is 0 Å². The largest absolute Gasteiger partial charge is 0.465 e. The molecule has 3 rings (SSSR count). The second-order valence-electron chi connectivity index (χ2n) is 4.91. The van der Waals surface area contributed by atoms with Crippen LogP contribution < -0.4 is 5.32 Å². The first kappa shape index (κ1) is 9.46. The Balaban J connectivity index is 1.74. The minimum Gasteiger partial charge on any atom is -0.465 e. The molecule has 0 spiro atoms. The fourth-order valence-corrected chi connectivity index (χ4v) is 2.92. The van der Waals surface area contributed by atoms with E-state index < -0.39 is 0 Å². The quantitative estimate of drug-likeness (QED) is 0.803. The summed E-state index contributed by atoms with van der Waals surface area (Å²) in [4.78, 5) is 0. The van der Waals surface area contributed by atoms with Crippen LogP contribution in [0.25, 0.3) is 0 Å². The SMILES string of the molecule is c1cc(C2CCNC2)oc1C1CCCC1. The summed E-state index contributed by atoms with van der Waals surface area (Å²) in [6, 6.07) is 4.41. The van der Waals surface area contributed by atoms with Crippen LogP contribution in [0.15, 0.2) is 16.5 Å². The molecular weight excluding hydrogens is 186 g/mol.